The van der Waals surface area contributed by atoms with E-state index in [1.54, 1.807) is 12.1 Å². The highest BCUT2D eigenvalue weighted by atomic mass is 35.5. The van der Waals surface area contributed by atoms with Crippen LogP contribution in [0.5, 0.6) is 5.75 Å². The topological polar surface area (TPSA) is 46.6 Å². The van der Waals surface area contributed by atoms with Crippen LogP contribution in [-0.4, -0.2) is 29.9 Å². The Balaban J connectivity index is 1.99. The van der Waals surface area contributed by atoms with Gasteiger partial charge in [0.25, 0.3) is 11.8 Å². The van der Waals surface area contributed by atoms with Crippen LogP contribution >= 0.6 is 23.4 Å². The first-order valence-electron chi connectivity index (χ1n) is 9.32. The van der Waals surface area contributed by atoms with Crippen molar-refractivity contribution in [3.05, 3.63) is 64.0 Å². The minimum absolute atomic E-state index is 0.234. The Labute approximate surface area is 174 Å². The van der Waals surface area contributed by atoms with Crippen LogP contribution in [0.2, 0.25) is 5.02 Å². The minimum Gasteiger partial charge on any atom is -0.494 e. The summed E-state index contributed by atoms with van der Waals surface area (Å²) in [5.41, 5.74) is 1.17. The standard InChI is InChI=1S/C22H22ClNO3S/c1-3-5-14-24-21(25)19(15-6-10-17(11-7-15)27-4-2)20(22(24)26)28-18-12-8-16(23)9-13-18/h6-13H,3-5,14H2,1-2H3. The van der Waals surface area contributed by atoms with E-state index in [4.69, 9.17) is 16.3 Å². The number of hydrogen-bond acceptors (Lipinski definition) is 4. The summed E-state index contributed by atoms with van der Waals surface area (Å²) >= 11 is 7.27. The predicted molar refractivity (Wildman–Crippen MR) is 113 cm³/mol. The van der Waals surface area contributed by atoms with Crippen LogP contribution in [0.15, 0.2) is 58.3 Å². The van der Waals surface area contributed by atoms with Gasteiger partial charge < -0.3 is 4.74 Å². The van der Waals surface area contributed by atoms with Gasteiger partial charge in [0.15, 0.2) is 0 Å². The number of thioether (sulfide) groups is 1. The molecule has 0 unspecified atom stereocenters. The largest absolute Gasteiger partial charge is 0.494 e. The van der Waals surface area contributed by atoms with Crippen molar-refractivity contribution < 1.29 is 14.3 Å². The van der Waals surface area contributed by atoms with Crippen molar-refractivity contribution in [2.24, 2.45) is 0 Å². The zero-order valence-electron chi connectivity index (χ0n) is 15.9. The van der Waals surface area contributed by atoms with Gasteiger partial charge in [0.1, 0.15) is 5.75 Å². The Morgan fingerprint density at radius 2 is 1.64 bits per heavy atom. The number of imide groups is 1. The number of amides is 2. The van der Waals surface area contributed by atoms with E-state index < -0.39 is 0 Å². The maximum atomic E-state index is 13.1. The van der Waals surface area contributed by atoms with Gasteiger partial charge in [-0.05, 0) is 55.3 Å². The molecular formula is C22H22ClNO3S. The summed E-state index contributed by atoms with van der Waals surface area (Å²) in [6.45, 7) is 4.96. The molecule has 2 amide bonds. The summed E-state index contributed by atoms with van der Waals surface area (Å²) < 4.78 is 5.48. The van der Waals surface area contributed by atoms with Gasteiger partial charge in [-0.2, -0.15) is 0 Å². The molecule has 1 aliphatic rings. The molecule has 4 nitrogen and oxygen atoms in total. The maximum Gasteiger partial charge on any atom is 0.268 e. The van der Waals surface area contributed by atoms with Crippen molar-refractivity contribution in [2.75, 3.05) is 13.2 Å². The summed E-state index contributed by atoms with van der Waals surface area (Å²) in [5, 5.41) is 0.628. The zero-order valence-corrected chi connectivity index (χ0v) is 17.5. The molecular weight excluding hydrogens is 394 g/mol. The molecule has 28 heavy (non-hydrogen) atoms. The molecule has 0 atom stereocenters. The number of ether oxygens (including phenoxy) is 1. The van der Waals surface area contributed by atoms with Crippen LogP contribution < -0.4 is 4.74 Å². The van der Waals surface area contributed by atoms with Gasteiger partial charge in [-0.25, -0.2) is 0 Å². The van der Waals surface area contributed by atoms with E-state index in [0.29, 0.717) is 28.7 Å². The fourth-order valence-electron chi connectivity index (χ4n) is 2.93. The highest BCUT2D eigenvalue weighted by molar-refractivity contribution is 8.04. The Morgan fingerprint density at radius 3 is 2.25 bits per heavy atom. The summed E-state index contributed by atoms with van der Waals surface area (Å²) in [6.07, 6.45) is 1.70. The van der Waals surface area contributed by atoms with E-state index in [2.05, 4.69) is 0 Å². The molecule has 0 spiro atoms. The molecule has 0 aromatic heterocycles. The number of carbonyl (C=O) groups excluding carboxylic acids is 2. The lowest BCUT2D eigenvalue weighted by atomic mass is 10.1. The van der Waals surface area contributed by atoms with Crippen LogP contribution in [0, 0.1) is 0 Å². The van der Waals surface area contributed by atoms with Crippen molar-refractivity contribution in [2.45, 2.75) is 31.6 Å². The van der Waals surface area contributed by atoms with Gasteiger partial charge in [0, 0.05) is 16.5 Å². The monoisotopic (exact) mass is 415 g/mol. The molecule has 0 saturated heterocycles. The molecule has 146 valence electrons. The number of nitrogens with zero attached hydrogens (tertiary/aromatic N) is 1. The van der Waals surface area contributed by atoms with Gasteiger partial charge in [0.2, 0.25) is 0 Å². The van der Waals surface area contributed by atoms with E-state index in [-0.39, 0.29) is 11.8 Å². The predicted octanol–water partition coefficient (Wildman–Crippen LogP) is 5.41. The second kappa shape index (κ2) is 9.30. The van der Waals surface area contributed by atoms with Gasteiger partial charge in [-0.1, -0.05) is 48.8 Å². The quantitative estimate of drug-likeness (QED) is 0.541. The summed E-state index contributed by atoms with van der Waals surface area (Å²) in [6, 6.07) is 14.6. The van der Waals surface area contributed by atoms with Crippen LogP contribution in [0.25, 0.3) is 5.57 Å². The number of unbranched alkanes of at least 4 members (excludes halogenated alkanes) is 1. The van der Waals surface area contributed by atoms with E-state index in [0.717, 1.165) is 29.1 Å². The van der Waals surface area contributed by atoms with Crippen LogP contribution in [-0.2, 0) is 9.59 Å². The van der Waals surface area contributed by atoms with Crippen molar-refractivity contribution in [1.82, 2.24) is 4.90 Å². The van der Waals surface area contributed by atoms with Gasteiger partial charge in [-0.3, -0.25) is 14.5 Å². The van der Waals surface area contributed by atoms with Crippen molar-refractivity contribution in [3.8, 4) is 5.75 Å². The second-order valence-electron chi connectivity index (χ2n) is 6.33. The lowest BCUT2D eigenvalue weighted by molar-refractivity contribution is -0.136. The molecule has 0 radical (unpaired) electrons. The Hall–Kier alpha value is -2.24. The van der Waals surface area contributed by atoms with Crippen LogP contribution in [0.4, 0.5) is 0 Å². The lowest BCUT2D eigenvalue weighted by Crippen LogP contribution is -2.32. The number of halogens is 1. The molecule has 2 aromatic rings. The smallest absolute Gasteiger partial charge is 0.268 e. The SMILES string of the molecule is CCCCN1C(=O)C(Sc2ccc(Cl)cc2)=C(c2ccc(OCC)cc2)C1=O. The third-order valence-electron chi connectivity index (χ3n) is 4.35. The van der Waals surface area contributed by atoms with Crippen molar-refractivity contribution in [3.63, 3.8) is 0 Å². The molecule has 1 heterocycles. The van der Waals surface area contributed by atoms with E-state index in [1.807, 2.05) is 50.2 Å². The number of rotatable bonds is 8. The first kappa shape index (κ1) is 20.5. The van der Waals surface area contributed by atoms with Crippen LogP contribution in [0.3, 0.4) is 0 Å². The van der Waals surface area contributed by atoms with Gasteiger partial charge >= 0.3 is 0 Å². The Morgan fingerprint density at radius 1 is 0.964 bits per heavy atom. The number of carbonyl (C=O) groups is 2. The Kier molecular flexibility index (Phi) is 6.81. The lowest BCUT2D eigenvalue weighted by Gasteiger charge is -2.14. The maximum absolute atomic E-state index is 13.1. The molecule has 0 N–H and O–H groups in total. The van der Waals surface area contributed by atoms with E-state index >= 15 is 0 Å². The molecule has 0 saturated carbocycles. The normalized spacial score (nSPS) is 14.2. The molecule has 2 aromatic carbocycles. The molecule has 6 heteroatoms. The summed E-state index contributed by atoms with van der Waals surface area (Å²) in [5.74, 6) is 0.264. The number of benzene rings is 2. The highest BCUT2D eigenvalue weighted by Crippen LogP contribution is 2.40. The fraction of sp³-hybridized carbons (Fsp3) is 0.273. The average Bonchev–Trinajstić information content (AvgIpc) is 2.92. The first-order chi connectivity index (χ1) is 13.5. The zero-order chi connectivity index (χ0) is 20.1. The molecule has 3 rings (SSSR count). The molecule has 0 bridgehead atoms. The summed E-state index contributed by atoms with van der Waals surface area (Å²) in [7, 11) is 0. The first-order valence-corrected chi connectivity index (χ1v) is 10.5. The molecule has 0 aliphatic carbocycles. The average molecular weight is 416 g/mol. The Bertz CT molecular complexity index is 891. The van der Waals surface area contributed by atoms with E-state index in [9.17, 15) is 9.59 Å². The highest BCUT2D eigenvalue weighted by Gasteiger charge is 2.39. The van der Waals surface area contributed by atoms with Crippen molar-refractivity contribution >= 4 is 40.8 Å². The third-order valence-corrected chi connectivity index (χ3v) is 5.69. The fourth-order valence-corrected chi connectivity index (χ4v) is 4.07. The van der Waals surface area contributed by atoms with Gasteiger partial charge in [0.05, 0.1) is 17.1 Å². The second-order valence-corrected chi connectivity index (χ2v) is 7.85. The number of hydrogen-bond donors (Lipinski definition) is 0. The molecule has 0 fully saturated rings. The van der Waals surface area contributed by atoms with Gasteiger partial charge in [-0.15, -0.1) is 0 Å². The van der Waals surface area contributed by atoms with Crippen molar-refractivity contribution in [1.29, 1.82) is 0 Å². The van der Waals surface area contributed by atoms with E-state index in [1.165, 1.54) is 16.7 Å². The summed E-state index contributed by atoms with van der Waals surface area (Å²) in [4.78, 5) is 28.8. The molecule has 1 aliphatic heterocycles. The van der Waals surface area contributed by atoms with Crippen LogP contribution in [0.1, 0.15) is 32.3 Å². The minimum atomic E-state index is -0.237. The third kappa shape index (κ3) is 4.42.